The highest BCUT2D eigenvalue weighted by molar-refractivity contribution is 5.58. The van der Waals surface area contributed by atoms with Gasteiger partial charge in [0.05, 0.1) is 17.4 Å². The lowest BCUT2D eigenvalue weighted by Gasteiger charge is -2.25. The topological polar surface area (TPSA) is 50.1 Å². The molecule has 3 aromatic rings. The van der Waals surface area contributed by atoms with Crippen LogP contribution in [0.25, 0.3) is 11.4 Å². The number of hydrogen-bond acceptors (Lipinski definition) is 5. The molecular weight excluding hydrogens is 348 g/mol. The van der Waals surface area contributed by atoms with Crippen molar-refractivity contribution in [2.75, 3.05) is 25.5 Å². The highest BCUT2D eigenvalue weighted by Crippen LogP contribution is 2.35. The molecule has 6 nitrogen and oxygen atoms in total. The predicted octanol–water partition coefficient (Wildman–Crippen LogP) is 3.59. The van der Waals surface area contributed by atoms with Crippen molar-refractivity contribution in [3.05, 3.63) is 59.5 Å². The maximum absolute atomic E-state index is 4.91. The van der Waals surface area contributed by atoms with Crippen LogP contribution in [0.5, 0.6) is 0 Å². The molecule has 1 aromatic carbocycles. The molecule has 3 heterocycles. The van der Waals surface area contributed by atoms with Gasteiger partial charge in [-0.05, 0) is 39.9 Å². The maximum Gasteiger partial charge on any atom is 0.161 e. The van der Waals surface area contributed by atoms with Crippen LogP contribution < -0.4 is 4.90 Å². The fourth-order valence-corrected chi connectivity index (χ4v) is 3.93. The van der Waals surface area contributed by atoms with Crippen molar-refractivity contribution in [1.82, 2.24) is 24.6 Å². The molecule has 28 heavy (non-hydrogen) atoms. The maximum atomic E-state index is 4.91. The number of nitrogens with zero attached hydrogens (tertiary/aromatic N) is 6. The molecule has 0 N–H and O–H groups in total. The first-order valence-corrected chi connectivity index (χ1v) is 9.86. The van der Waals surface area contributed by atoms with Gasteiger partial charge in [-0.15, -0.1) is 0 Å². The first-order valence-electron chi connectivity index (χ1n) is 9.86. The van der Waals surface area contributed by atoms with Gasteiger partial charge in [-0.25, -0.2) is 9.97 Å². The van der Waals surface area contributed by atoms with Crippen molar-refractivity contribution >= 4 is 5.82 Å². The molecule has 1 atom stereocenters. The van der Waals surface area contributed by atoms with Crippen molar-refractivity contribution < 1.29 is 0 Å². The zero-order valence-electron chi connectivity index (χ0n) is 17.1. The average Bonchev–Trinajstić information content (AvgIpc) is 3.29. The average molecular weight is 377 g/mol. The van der Waals surface area contributed by atoms with Gasteiger partial charge in [-0.2, -0.15) is 5.10 Å². The summed E-state index contributed by atoms with van der Waals surface area (Å²) in [5, 5.41) is 4.83. The van der Waals surface area contributed by atoms with Gasteiger partial charge >= 0.3 is 0 Å². The van der Waals surface area contributed by atoms with Gasteiger partial charge in [0.1, 0.15) is 5.82 Å². The van der Waals surface area contributed by atoms with Crippen molar-refractivity contribution in [2.45, 2.75) is 32.4 Å². The molecule has 1 saturated heterocycles. The molecule has 0 bridgehead atoms. The van der Waals surface area contributed by atoms with Gasteiger partial charge < -0.3 is 9.80 Å². The van der Waals surface area contributed by atoms with Crippen LogP contribution in [0.2, 0.25) is 0 Å². The van der Waals surface area contributed by atoms with E-state index in [0.29, 0.717) is 0 Å². The molecule has 0 radical (unpaired) electrons. The highest BCUT2D eigenvalue weighted by Gasteiger charge is 2.30. The van der Waals surface area contributed by atoms with E-state index in [-0.39, 0.29) is 6.04 Å². The van der Waals surface area contributed by atoms with E-state index in [1.807, 2.05) is 36.9 Å². The Kier molecular flexibility index (Phi) is 5.13. The zero-order chi connectivity index (χ0) is 19.7. The van der Waals surface area contributed by atoms with Gasteiger partial charge in [-0.1, -0.05) is 30.3 Å². The number of aryl methyl sites for hydroxylation is 2. The number of rotatable bonds is 5. The molecule has 1 fully saturated rings. The summed E-state index contributed by atoms with van der Waals surface area (Å²) < 4.78 is 2.01. The van der Waals surface area contributed by atoms with Crippen LogP contribution in [-0.2, 0) is 13.6 Å². The van der Waals surface area contributed by atoms with E-state index in [0.717, 1.165) is 54.5 Å². The van der Waals surface area contributed by atoms with Crippen molar-refractivity contribution in [2.24, 2.45) is 7.05 Å². The minimum Gasteiger partial charge on any atom is -0.348 e. The fraction of sp³-hybridized carbons (Fsp3) is 0.409. The Hall–Kier alpha value is -2.73. The number of benzene rings is 1. The molecule has 2 aromatic heterocycles. The lowest BCUT2D eigenvalue weighted by molar-refractivity contribution is 0.387. The largest absolute Gasteiger partial charge is 0.348 e. The van der Waals surface area contributed by atoms with Crippen molar-refractivity contribution in [3.8, 4) is 11.4 Å². The van der Waals surface area contributed by atoms with E-state index in [9.17, 15) is 0 Å². The molecule has 0 aliphatic carbocycles. The third-order valence-electron chi connectivity index (χ3n) is 5.24. The predicted molar refractivity (Wildman–Crippen MR) is 112 cm³/mol. The first kappa shape index (κ1) is 18.6. The van der Waals surface area contributed by atoms with E-state index in [4.69, 9.17) is 10.1 Å². The molecule has 4 rings (SSSR count). The van der Waals surface area contributed by atoms with Gasteiger partial charge in [0.15, 0.2) is 5.82 Å². The molecule has 146 valence electrons. The van der Waals surface area contributed by atoms with E-state index in [2.05, 4.69) is 53.1 Å². The Morgan fingerprint density at radius 2 is 1.89 bits per heavy atom. The van der Waals surface area contributed by atoms with Crippen molar-refractivity contribution in [1.29, 1.82) is 0 Å². The number of anilines is 1. The third-order valence-corrected chi connectivity index (χ3v) is 5.24. The van der Waals surface area contributed by atoms with E-state index >= 15 is 0 Å². The molecule has 1 aliphatic rings. The Morgan fingerprint density at radius 1 is 1.11 bits per heavy atom. The van der Waals surface area contributed by atoms with E-state index in [1.165, 1.54) is 5.69 Å². The Bertz CT molecular complexity index is 947. The lowest BCUT2D eigenvalue weighted by atomic mass is 10.1. The number of aromatic nitrogens is 4. The summed E-state index contributed by atoms with van der Waals surface area (Å²) in [7, 11) is 6.20. The molecule has 6 heteroatoms. The molecule has 0 spiro atoms. The summed E-state index contributed by atoms with van der Waals surface area (Å²) in [6, 6.07) is 14.8. The second-order valence-electron chi connectivity index (χ2n) is 7.83. The summed E-state index contributed by atoms with van der Waals surface area (Å²) >= 11 is 0. The Labute approximate surface area is 166 Å². The summed E-state index contributed by atoms with van der Waals surface area (Å²) in [6.07, 6.45) is 2.25. The quantitative estimate of drug-likeness (QED) is 0.681. The van der Waals surface area contributed by atoms with Gasteiger partial charge in [0.25, 0.3) is 0 Å². The molecule has 0 amide bonds. The minimum absolute atomic E-state index is 0.264. The summed E-state index contributed by atoms with van der Waals surface area (Å²) in [6.45, 7) is 3.93. The molecular formula is C22H28N6. The second kappa shape index (κ2) is 7.72. The van der Waals surface area contributed by atoms with Gasteiger partial charge in [0, 0.05) is 37.5 Å². The third kappa shape index (κ3) is 3.78. The van der Waals surface area contributed by atoms with Crippen LogP contribution in [-0.4, -0.2) is 45.3 Å². The first-order chi connectivity index (χ1) is 13.5. The lowest BCUT2D eigenvalue weighted by Crippen LogP contribution is -2.24. The normalized spacial score (nSPS) is 16.9. The Morgan fingerprint density at radius 3 is 2.64 bits per heavy atom. The van der Waals surface area contributed by atoms with Gasteiger partial charge in [-0.3, -0.25) is 4.68 Å². The van der Waals surface area contributed by atoms with Crippen LogP contribution in [0.15, 0.2) is 42.5 Å². The van der Waals surface area contributed by atoms with Gasteiger partial charge in [0.2, 0.25) is 0 Å². The van der Waals surface area contributed by atoms with Crippen LogP contribution in [0, 0.1) is 6.92 Å². The van der Waals surface area contributed by atoms with E-state index in [1.54, 1.807) is 0 Å². The van der Waals surface area contributed by atoms with Crippen molar-refractivity contribution in [3.63, 3.8) is 0 Å². The van der Waals surface area contributed by atoms with Crippen LogP contribution >= 0.6 is 0 Å². The Balaban J connectivity index is 1.66. The molecule has 1 unspecified atom stereocenters. The summed E-state index contributed by atoms with van der Waals surface area (Å²) in [5.74, 6) is 1.78. The summed E-state index contributed by atoms with van der Waals surface area (Å²) in [5.41, 5.74) is 4.41. The van der Waals surface area contributed by atoms with Crippen LogP contribution in [0.4, 0.5) is 5.82 Å². The second-order valence-corrected chi connectivity index (χ2v) is 7.83. The fourth-order valence-electron chi connectivity index (χ4n) is 3.93. The standard InChI is InChI=1S/C22H28N6/c1-16-13-21(24-22(23-16)17-9-6-5-7-10-17)28-12-8-11-20(28)19-14-18(15-26(2)3)27(4)25-19/h5-7,9-10,13-14,20H,8,11-12,15H2,1-4H3. The zero-order valence-corrected chi connectivity index (χ0v) is 17.1. The van der Waals surface area contributed by atoms with Crippen LogP contribution in [0.1, 0.15) is 36.0 Å². The summed E-state index contributed by atoms with van der Waals surface area (Å²) in [4.78, 5) is 14.1. The number of hydrogen-bond donors (Lipinski definition) is 0. The molecule has 0 saturated carbocycles. The van der Waals surface area contributed by atoms with E-state index < -0.39 is 0 Å². The molecule has 1 aliphatic heterocycles. The van der Waals surface area contributed by atoms with Crippen LogP contribution in [0.3, 0.4) is 0 Å². The minimum atomic E-state index is 0.264. The SMILES string of the molecule is Cc1cc(N2CCCC2c2cc(CN(C)C)n(C)n2)nc(-c2ccccc2)n1. The highest BCUT2D eigenvalue weighted by atomic mass is 15.3. The smallest absolute Gasteiger partial charge is 0.161 e. The monoisotopic (exact) mass is 376 g/mol.